The van der Waals surface area contributed by atoms with Crippen LogP contribution in [-0.4, -0.2) is 20.5 Å². The van der Waals surface area contributed by atoms with Gasteiger partial charge in [0.25, 0.3) is 5.89 Å². The van der Waals surface area contributed by atoms with Crippen LogP contribution in [0.1, 0.15) is 11.4 Å². The molecule has 2 aromatic heterocycles. The lowest BCUT2D eigenvalue weighted by Gasteiger charge is -1.97. The van der Waals surface area contributed by atoms with Crippen LogP contribution < -0.4 is 5.73 Å². The second kappa shape index (κ2) is 4.68. The van der Waals surface area contributed by atoms with Gasteiger partial charge in [-0.1, -0.05) is 5.16 Å². The standard InChI is InChI=1S/C11H7F2N5O2/c12-6-1-5(2-7(13)4-6)3-8-15-11(19-16-8)9-10(14)18-20-17-9/h1-2,4H,3H2,(H2,14,18). The van der Waals surface area contributed by atoms with Crippen molar-refractivity contribution < 1.29 is 17.9 Å². The zero-order valence-corrected chi connectivity index (χ0v) is 9.88. The van der Waals surface area contributed by atoms with Crippen LogP contribution in [0.3, 0.4) is 0 Å². The molecule has 2 N–H and O–H groups in total. The molecule has 0 radical (unpaired) electrons. The van der Waals surface area contributed by atoms with Crippen LogP contribution in [0.5, 0.6) is 0 Å². The van der Waals surface area contributed by atoms with E-state index in [1.807, 2.05) is 0 Å². The van der Waals surface area contributed by atoms with Crippen LogP contribution in [0.15, 0.2) is 27.4 Å². The van der Waals surface area contributed by atoms with Gasteiger partial charge in [-0.25, -0.2) is 13.4 Å². The van der Waals surface area contributed by atoms with Crippen molar-refractivity contribution in [3.8, 4) is 11.6 Å². The van der Waals surface area contributed by atoms with E-state index in [0.717, 1.165) is 6.07 Å². The number of halogens is 2. The molecule has 7 nitrogen and oxygen atoms in total. The molecule has 2 heterocycles. The summed E-state index contributed by atoms with van der Waals surface area (Å²) in [7, 11) is 0. The van der Waals surface area contributed by atoms with Crippen LogP contribution in [0, 0.1) is 11.6 Å². The van der Waals surface area contributed by atoms with Gasteiger partial charge in [-0.05, 0) is 28.0 Å². The SMILES string of the molecule is Nc1nonc1-c1nc(Cc2cc(F)cc(F)c2)no1. The molecule has 0 saturated heterocycles. The van der Waals surface area contributed by atoms with Crippen LogP contribution in [-0.2, 0) is 6.42 Å². The quantitative estimate of drug-likeness (QED) is 0.775. The maximum Gasteiger partial charge on any atom is 0.284 e. The molecule has 0 unspecified atom stereocenters. The van der Waals surface area contributed by atoms with Crippen molar-refractivity contribution in [1.82, 2.24) is 20.5 Å². The van der Waals surface area contributed by atoms with E-state index < -0.39 is 11.6 Å². The third kappa shape index (κ3) is 2.32. The van der Waals surface area contributed by atoms with Crippen molar-refractivity contribution >= 4 is 5.82 Å². The average Bonchev–Trinajstić information content (AvgIpc) is 2.96. The van der Waals surface area contributed by atoms with Crippen molar-refractivity contribution in [2.24, 2.45) is 0 Å². The molecule has 0 fully saturated rings. The van der Waals surface area contributed by atoms with Gasteiger partial charge < -0.3 is 10.3 Å². The summed E-state index contributed by atoms with van der Waals surface area (Å²) in [6.45, 7) is 0. The molecule has 0 atom stereocenters. The Morgan fingerprint density at radius 3 is 2.45 bits per heavy atom. The van der Waals surface area contributed by atoms with Crippen LogP contribution in [0.25, 0.3) is 11.6 Å². The highest BCUT2D eigenvalue weighted by Crippen LogP contribution is 2.20. The van der Waals surface area contributed by atoms with Gasteiger partial charge >= 0.3 is 0 Å². The molecule has 3 aromatic rings. The zero-order chi connectivity index (χ0) is 14.1. The Morgan fingerprint density at radius 1 is 1.05 bits per heavy atom. The summed E-state index contributed by atoms with van der Waals surface area (Å²) in [4.78, 5) is 4.00. The van der Waals surface area contributed by atoms with Crippen LogP contribution in [0.4, 0.5) is 14.6 Å². The fourth-order valence-corrected chi connectivity index (χ4v) is 1.66. The Kier molecular flexibility index (Phi) is 2.86. The largest absolute Gasteiger partial charge is 0.379 e. The first-order chi connectivity index (χ1) is 9.61. The Bertz CT molecular complexity index is 735. The molecule has 0 spiro atoms. The molecule has 0 aliphatic heterocycles. The van der Waals surface area contributed by atoms with Gasteiger partial charge in [-0.15, -0.1) is 0 Å². The van der Waals surface area contributed by atoms with E-state index in [1.54, 1.807) is 0 Å². The van der Waals surface area contributed by atoms with E-state index in [9.17, 15) is 8.78 Å². The maximum absolute atomic E-state index is 13.1. The van der Waals surface area contributed by atoms with Gasteiger partial charge in [0.1, 0.15) is 11.6 Å². The molecule has 0 bridgehead atoms. The van der Waals surface area contributed by atoms with Crippen molar-refractivity contribution in [2.45, 2.75) is 6.42 Å². The van der Waals surface area contributed by atoms with E-state index in [2.05, 4.69) is 25.1 Å². The smallest absolute Gasteiger partial charge is 0.284 e. The van der Waals surface area contributed by atoms with Gasteiger partial charge in [0.15, 0.2) is 5.82 Å². The van der Waals surface area contributed by atoms with Crippen LogP contribution >= 0.6 is 0 Å². The van der Waals surface area contributed by atoms with Crippen molar-refractivity contribution in [3.05, 3.63) is 41.2 Å². The molecular formula is C11H7F2N5O2. The average molecular weight is 279 g/mol. The topological polar surface area (TPSA) is 104 Å². The molecule has 3 rings (SSSR count). The predicted octanol–water partition coefficient (Wildman–Crippen LogP) is 1.57. The Morgan fingerprint density at radius 2 is 1.80 bits per heavy atom. The van der Waals surface area contributed by atoms with E-state index >= 15 is 0 Å². The maximum atomic E-state index is 13.1. The number of rotatable bonds is 3. The highest BCUT2D eigenvalue weighted by atomic mass is 19.1. The molecular weight excluding hydrogens is 272 g/mol. The molecule has 0 amide bonds. The van der Waals surface area contributed by atoms with Gasteiger partial charge in [-0.3, -0.25) is 0 Å². The number of nitrogen functional groups attached to an aromatic ring is 1. The fraction of sp³-hybridized carbons (Fsp3) is 0.0909. The summed E-state index contributed by atoms with van der Waals surface area (Å²) < 4.78 is 35.5. The monoisotopic (exact) mass is 279 g/mol. The Labute approximate surface area is 110 Å². The summed E-state index contributed by atoms with van der Waals surface area (Å²) in [5, 5.41) is 10.6. The molecule has 0 saturated carbocycles. The Hall–Kier alpha value is -2.84. The summed E-state index contributed by atoms with van der Waals surface area (Å²) in [6, 6.07) is 3.16. The lowest BCUT2D eigenvalue weighted by atomic mass is 10.1. The highest BCUT2D eigenvalue weighted by molar-refractivity contribution is 5.60. The minimum Gasteiger partial charge on any atom is -0.379 e. The van der Waals surface area contributed by atoms with E-state index in [0.29, 0.717) is 5.56 Å². The zero-order valence-electron chi connectivity index (χ0n) is 9.88. The summed E-state index contributed by atoms with van der Waals surface area (Å²) in [5.74, 6) is -1.08. The number of nitrogens with two attached hydrogens (primary N) is 1. The third-order valence-corrected chi connectivity index (χ3v) is 2.47. The fourth-order valence-electron chi connectivity index (χ4n) is 1.66. The first-order valence-corrected chi connectivity index (χ1v) is 5.48. The minimum absolute atomic E-state index is 0.0111. The first kappa shape index (κ1) is 12.2. The highest BCUT2D eigenvalue weighted by Gasteiger charge is 2.17. The van der Waals surface area contributed by atoms with Crippen molar-refractivity contribution in [3.63, 3.8) is 0 Å². The van der Waals surface area contributed by atoms with E-state index in [4.69, 9.17) is 10.3 Å². The third-order valence-electron chi connectivity index (χ3n) is 2.47. The normalized spacial score (nSPS) is 10.9. The van der Waals surface area contributed by atoms with E-state index in [1.165, 1.54) is 12.1 Å². The number of aromatic nitrogens is 4. The Balaban J connectivity index is 1.86. The van der Waals surface area contributed by atoms with E-state index in [-0.39, 0.29) is 29.6 Å². The van der Waals surface area contributed by atoms with Crippen molar-refractivity contribution in [1.29, 1.82) is 0 Å². The molecule has 9 heteroatoms. The summed E-state index contributed by atoms with van der Waals surface area (Å²) in [6.07, 6.45) is 0.101. The number of hydrogen-bond acceptors (Lipinski definition) is 7. The molecule has 0 aliphatic rings. The van der Waals surface area contributed by atoms with Gasteiger partial charge in [0, 0.05) is 12.5 Å². The van der Waals surface area contributed by atoms with Gasteiger partial charge in [0.05, 0.1) is 0 Å². The number of benzene rings is 1. The first-order valence-electron chi connectivity index (χ1n) is 5.48. The molecule has 102 valence electrons. The minimum atomic E-state index is -0.673. The molecule has 20 heavy (non-hydrogen) atoms. The number of hydrogen-bond donors (Lipinski definition) is 1. The van der Waals surface area contributed by atoms with Gasteiger partial charge in [0.2, 0.25) is 11.5 Å². The summed E-state index contributed by atoms with van der Waals surface area (Å²) in [5.41, 5.74) is 5.98. The van der Waals surface area contributed by atoms with Crippen LogP contribution in [0.2, 0.25) is 0 Å². The van der Waals surface area contributed by atoms with Crippen molar-refractivity contribution in [2.75, 3.05) is 5.73 Å². The molecule has 1 aromatic carbocycles. The number of anilines is 1. The summed E-state index contributed by atoms with van der Waals surface area (Å²) >= 11 is 0. The predicted molar refractivity (Wildman–Crippen MR) is 61.2 cm³/mol. The lowest BCUT2D eigenvalue weighted by Crippen LogP contribution is -1.94. The lowest BCUT2D eigenvalue weighted by molar-refractivity contribution is 0.308. The molecule has 0 aliphatic carbocycles. The van der Waals surface area contributed by atoms with Gasteiger partial charge in [-0.2, -0.15) is 4.98 Å². The second-order valence-electron chi connectivity index (χ2n) is 3.97. The number of nitrogens with zero attached hydrogens (tertiary/aromatic N) is 4. The second-order valence-corrected chi connectivity index (χ2v) is 3.97.